The van der Waals surface area contributed by atoms with Crippen molar-refractivity contribution in [1.82, 2.24) is 15.2 Å². The highest BCUT2D eigenvalue weighted by Gasteiger charge is 2.36. The average molecular weight is 351 g/mol. The van der Waals surface area contributed by atoms with Gasteiger partial charge in [-0.15, -0.1) is 0 Å². The van der Waals surface area contributed by atoms with Crippen LogP contribution in [0.1, 0.15) is 58.1 Å². The molecule has 1 fully saturated rings. The molecule has 1 atom stereocenters. The Hall–Kier alpha value is -1.89. The molecule has 140 valence electrons. The van der Waals surface area contributed by atoms with Gasteiger partial charge in [-0.05, 0) is 12.8 Å². The smallest absolute Gasteiger partial charge is 0.223 e. The van der Waals surface area contributed by atoms with Gasteiger partial charge in [-0.1, -0.05) is 20.8 Å². The van der Waals surface area contributed by atoms with Gasteiger partial charge in [-0.2, -0.15) is 0 Å². The first-order chi connectivity index (χ1) is 11.6. The summed E-state index contributed by atoms with van der Waals surface area (Å²) in [5, 5.41) is 13.1. The van der Waals surface area contributed by atoms with Crippen molar-refractivity contribution in [3.05, 3.63) is 17.8 Å². The van der Waals surface area contributed by atoms with Crippen molar-refractivity contribution < 1.29 is 19.1 Å². The van der Waals surface area contributed by atoms with Gasteiger partial charge in [0.15, 0.2) is 5.89 Å². The third kappa shape index (κ3) is 5.29. The number of aliphatic hydroxyl groups is 1. The Labute approximate surface area is 148 Å². The quantitative estimate of drug-likeness (QED) is 0.836. The topological polar surface area (TPSA) is 95.7 Å². The summed E-state index contributed by atoms with van der Waals surface area (Å²) in [5.74, 6) is 1.08. The minimum absolute atomic E-state index is 0.0158. The molecule has 2 heterocycles. The van der Waals surface area contributed by atoms with Gasteiger partial charge in [-0.25, -0.2) is 4.98 Å². The van der Waals surface area contributed by atoms with Crippen LogP contribution in [0.25, 0.3) is 0 Å². The molecule has 0 radical (unpaired) electrons. The largest absolute Gasteiger partial charge is 0.445 e. The Morgan fingerprint density at radius 1 is 1.44 bits per heavy atom. The second kappa shape index (κ2) is 7.56. The standard InChI is InChI=1S/C18H29N3O4/c1-17(2,3)13-11-20-15(25-13)6-7-16(23)21-9-5-8-18(24,12-21)10-14(22)19-4/h11,24H,5-10,12H2,1-4H3,(H,19,22). The van der Waals surface area contributed by atoms with Crippen LogP contribution in [0.5, 0.6) is 0 Å². The van der Waals surface area contributed by atoms with Gasteiger partial charge in [0.1, 0.15) is 5.76 Å². The van der Waals surface area contributed by atoms with Crippen LogP contribution in [-0.4, -0.2) is 52.5 Å². The summed E-state index contributed by atoms with van der Waals surface area (Å²) in [6.07, 6.45) is 3.65. The first-order valence-electron chi connectivity index (χ1n) is 8.79. The SMILES string of the molecule is CNC(=O)CC1(O)CCCN(C(=O)CCc2ncc(C(C)(C)C)o2)C1. The molecule has 1 aromatic rings. The van der Waals surface area contributed by atoms with Gasteiger partial charge >= 0.3 is 0 Å². The molecular formula is C18H29N3O4. The third-order valence-corrected chi connectivity index (χ3v) is 4.52. The Morgan fingerprint density at radius 2 is 2.16 bits per heavy atom. The number of carbonyl (C=O) groups is 2. The Balaban J connectivity index is 1.90. The number of nitrogens with one attached hydrogen (secondary N) is 1. The molecule has 0 aromatic carbocycles. The van der Waals surface area contributed by atoms with Crippen molar-refractivity contribution >= 4 is 11.8 Å². The molecule has 2 rings (SSSR count). The Bertz CT molecular complexity index is 620. The van der Waals surface area contributed by atoms with Gasteiger partial charge in [-0.3, -0.25) is 9.59 Å². The number of hydrogen-bond donors (Lipinski definition) is 2. The van der Waals surface area contributed by atoms with E-state index in [9.17, 15) is 14.7 Å². The molecule has 25 heavy (non-hydrogen) atoms. The zero-order valence-corrected chi connectivity index (χ0v) is 15.6. The number of piperidine rings is 1. The van der Waals surface area contributed by atoms with Gasteiger partial charge < -0.3 is 19.7 Å². The lowest BCUT2D eigenvalue weighted by Crippen LogP contribution is -2.52. The minimum Gasteiger partial charge on any atom is -0.445 e. The fraction of sp³-hybridized carbons (Fsp3) is 0.722. The Morgan fingerprint density at radius 3 is 2.76 bits per heavy atom. The summed E-state index contributed by atoms with van der Waals surface area (Å²) >= 11 is 0. The van der Waals surface area contributed by atoms with Gasteiger partial charge in [0.05, 0.1) is 18.2 Å². The molecule has 7 heteroatoms. The summed E-state index contributed by atoms with van der Waals surface area (Å²) in [4.78, 5) is 29.9. The number of rotatable bonds is 5. The molecule has 2 N–H and O–H groups in total. The third-order valence-electron chi connectivity index (χ3n) is 4.52. The number of carbonyl (C=O) groups excluding carboxylic acids is 2. The van der Waals surface area contributed by atoms with E-state index in [4.69, 9.17) is 4.42 Å². The minimum atomic E-state index is -1.14. The number of likely N-dealkylation sites (tertiary alicyclic amines) is 1. The second-order valence-corrected chi connectivity index (χ2v) is 7.86. The van der Waals surface area contributed by atoms with E-state index in [2.05, 4.69) is 10.3 Å². The molecule has 0 bridgehead atoms. The van der Waals surface area contributed by atoms with E-state index in [1.165, 1.54) is 0 Å². The number of oxazole rings is 1. The molecular weight excluding hydrogens is 322 g/mol. The number of aryl methyl sites for hydroxylation is 1. The van der Waals surface area contributed by atoms with Crippen LogP contribution >= 0.6 is 0 Å². The zero-order chi connectivity index (χ0) is 18.7. The van der Waals surface area contributed by atoms with Gasteiger partial charge in [0.25, 0.3) is 0 Å². The number of amides is 2. The summed E-state index contributed by atoms with van der Waals surface area (Å²) in [5.41, 5.74) is -1.26. The Kier molecular flexibility index (Phi) is 5.87. The zero-order valence-electron chi connectivity index (χ0n) is 15.6. The highest BCUT2D eigenvalue weighted by Crippen LogP contribution is 2.26. The molecule has 1 saturated heterocycles. The van der Waals surface area contributed by atoms with Gasteiger partial charge in [0.2, 0.25) is 11.8 Å². The molecule has 2 amide bonds. The molecule has 7 nitrogen and oxygen atoms in total. The maximum atomic E-state index is 12.5. The van der Waals surface area contributed by atoms with E-state index in [-0.39, 0.29) is 36.6 Å². The van der Waals surface area contributed by atoms with E-state index in [1.807, 2.05) is 20.8 Å². The number of hydrogen-bond acceptors (Lipinski definition) is 5. The normalized spacial score (nSPS) is 21.2. The summed E-state index contributed by atoms with van der Waals surface area (Å²) in [7, 11) is 1.54. The fourth-order valence-corrected chi connectivity index (χ4v) is 3.00. The first-order valence-corrected chi connectivity index (χ1v) is 8.79. The highest BCUT2D eigenvalue weighted by molar-refractivity contribution is 5.78. The van der Waals surface area contributed by atoms with Crippen molar-refractivity contribution in [2.24, 2.45) is 0 Å². The summed E-state index contributed by atoms with van der Waals surface area (Å²) < 4.78 is 5.71. The van der Waals surface area contributed by atoms with Crippen LogP contribution in [0.3, 0.4) is 0 Å². The van der Waals surface area contributed by atoms with Crippen molar-refractivity contribution in [3.8, 4) is 0 Å². The molecule has 1 aliphatic rings. The van der Waals surface area contributed by atoms with Crippen molar-refractivity contribution in [2.45, 2.75) is 63.9 Å². The second-order valence-electron chi connectivity index (χ2n) is 7.86. The van der Waals surface area contributed by atoms with Crippen LogP contribution in [-0.2, 0) is 21.4 Å². The van der Waals surface area contributed by atoms with E-state index in [0.717, 1.165) is 5.76 Å². The van der Waals surface area contributed by atoms with E-state index in [0.29, 0.717) is 31.7 Å². The molecule has 0 aliphatic carbocycles. The van der Waals surface area contributed by atoms with Crippen LogP contribution in [0.4, 0.5) is 0 Å². The van der Waals surface area contributed by atoms with Crippen molar-refractivity contribution in [3.63, 3.8) is 0 Å². The van der Waals surface area contributed by atoms with E-state index >= 15 is 0 Å². The van der Waals surface area contributed by atoms with Gasteiger partial charge in [0, 0.05) is 38.4 Å². The predicted molar refractivity (Wildman–Crippen MR) is 93.0 cm³/mol. The monoisotopic (exact) mass is 351 g/mol. The summed E-state index contributed by atoms with van der Waals surface area (Å²) in [6, 6.07) is 0. The predicted octanol–water partition coefficient (Wildman–Crippen LogP) is 1.39. The van der Waals surface area contributed by atoms with Crippen LogP contribution < -0.4 is 5.32 Å². The van der Waals surface area contributed by atoms with Crippen LogP contribution in [0.2, 0.25) is 0 Å². The number of nitrogens with zero attached hydrogens (tertiary/aromatic N) is 2. The lowest BCUT2D eigenvalue weighted by atomic mass is 9.89. The van der Waals surface area contributed by atoms with Crippen molar-refractivity contribution in [1.29, 1.82) is 0 Å². The lowest BCUT2D eigenvalue weighted by Gasteiger charge is -2.38. The maximum Gasteiger partial charge on any atom is 0.223 e. The van der Waals surface area contributed by atoms with Crippen molar-refractivity contribution in [2.75, 3.05) is 20.1 Å². The fourth-order valence-electron chi connectivity index (χ4n) is 3.00. The summed E-state index contributed by atoms with van der Waals surface area (Å²) in [6.45, 7) is 6.93. The number of β-amino-alcohol motifs (C(OH)–C–C–N with tert-alkyl or cyclic N) is 1. The number of aromatic nitrogens is 1. The maximum absolute atomic E-state index is 12.5. The van der Waals surface area contributed by atoms with Crippen LogP contribution in [0, 0.1) is 0 Å². The molecule has 1 aromatic heterocycles. The highest BCUT2D eigenvalue weighted by atomic mass is 16.4. The lowest BCUT2D eigenvalue weighted by molar-refractivity contribution is -0.142. The van der Waals surface area contributed by atoms with Crippen LogP contribution in [0.15, 0.2) is 10.6 Å². The molecule has 0 saturated carbocycles. The first kappa shape index (κ1) is 19.4. The molecule has 1 unspecified atom stereocenters. The molecule has 0 spiro atoms. The molecule has 1 aliphatic heterocycles. The van der Waals surface area contributed by atoms with E-state index < -0.39 is 5.60 Å². The average Bonchev–Trinajstić information content (AvgIpc) is 3.01. The van der Waals surface area contributed by atoms with E-state index in [1.54, 1.807) is 18.1 Å².